The number of benzene rings is 2. The number of hydrogen-bond acceptors (Lipinski definition) is 4. The van der Waals surface area contributed by atoms with Crippen molar-refractivity contribution in [2.24, 2.45) is 0 Å². The Morgan fingerprint density at radius 1 is 0.677 bits per heavy atom. The first-order valence-corrected chi connectivity index (χ1v) is 11.4. The molecule has 0 spiro atoms. The molecule has 0 aliphatic carbocycles. The van der Waals surface area contributed by atoms with Gasteiger partial charge in [0.2, 0.25) is 0 Å². The number of hydrogen-bond donors (Lipinski definition) is 0. The Kier molecular flexibility index (Phi) is 5.82. The van der Waals surface area contributed by atoms with E-state index in [4.69, 9.17) is 18.9 Å². The van der Waals surface area contributed by atoms with Gasteiger partial charge < -0.3 is 18.9 Å². The molecular weight excluding hydrogens is 388 g/mol. The van der Waals surface area contributed by atoms with Gasteiger partial charge in [-0.05, 0) is 74.9 Å². The van der Waals surface area contributed by atoms with Crippen LogP contribution in [0.5, 0.6) is 11.5 Å². The first-order chi connectivity index (χ1) is 14.6. The summed E-state index contributed by atoms with van der Waals surface area (Å²) in [6, 6.07) is 9.06. The molecule has 4 heteroatoms. The van der Waals surface area contributed by atoms with E-state index in [9.17, 15) is 0 Å². The van der Waals surface area contributed by atoms with Gasteiger partial charge in [0.05, 0.1) is 12.2 Å². The third-order valence-electron chi connectivity index (χ3n) is 6.82. The molecule has 4 unspecified atom stereocenters. The van der Waals surface area contributed by atoms with Crippen LogP contribution in [0, 0.1) is 27.7 Å². The zero-order valence-electron chi connectivity index (χ0n) is 20.2. The molecule has 0 aromatic heterocycles. The molecule has 2 saturated heterocycles. The monoisotopic (exact) mass is 424 g/mol. The molecule has 0 saturated carbocycles. The number of ether oxygens (including phenoxy) is 4. The van der Waals surface area contributed by atoms with Crippen molar-refractivity contribution in [3.05, 3.63) is 57.6 Å². The molecule has 4 nitrogen and oxygen atoms in total. The van der Waals surface area contributed by atoms with Crippen LogP contribution in [0.4, 0.5) is 0 Å². The predicted molar refractivity (Wildman–Crippen MR) is 124 cm³/mol. The minimum Gasteiger partial charge on any atom is -0.490 e. The maximum absolute atomic E-state index is 6.10. The van der Waals surface area contributed by atoms with Gasteiger partial charge in [0, 0.05) is 5.41 Å². The van der Waals surface area contributed by atoms with Gasteiger partial charge in [0.15, 0.2) is 0 Å². The van der Waals surface area contributed by atoms with Crippen molar-refractivity contribution in [1.82, 2.24) is 0 Å². The summed E-state index contributed by atoms with van der Waals surface area (Å²) in [5.41, 5.74) is 7.13. The SMILES string of the molecule is Cc1cc(C(C)(C)c2cc(C)c(OCC3OC3C)c(C)c2)cc(C)c1OCC1OC1C. The molecule has 2 aliphatic rings. The standard InChI is InChI=1S/C27H36O4/c1-15-9-21(10-16(2)25(15)28-13-23-19(5)30-23)27(7,8)22-11-17(3)26(18(4)12-22)29-14-24-20(6)31-24/h9-12,19-20,23-24H,13-14H2,1-8H3. The van der Waals surface area contributed by atoms with Gasteiger partial charge >= 0.3 is 0 Å². The van der Waals surface area contributed by atoms with Gasteiger partial charge in [-0.3, -0.25) is 0 Å². The van der Waals surface area contributed by atoms with Gasteiger partial charge in [-0.15, -0.1) is 0 Å². The molecule has 0 N–H and O–H groups in total. The summed E-state index contributed by atoms with van der Waals surface area (Å²) in [5.74, 6) is 1.96. The Labute approximate surface area is 186 Å². The summed E-state index contributed by atoms with van der Waals surface area (Å²) in [4.78, 5) is 0. The lowest BCUT2D eigenvalue weighted by Crippen LogP contribution is -2.20. The molecule has 2 aromatic carbocycles. The minimum atomic E-state index is -0.135. The summed E-state index contributed by atoms with van der Waals surface area (Å²) in [5, 5.41) is 0. The van der Waals surface area contributed by atoms with E-state index in [0.29, 0.717) is 25.4 Å². The van der Waals surface area contributed by atoms with Crippen LogP contribution in [0.25, 0.3) is 0 Å². The van der Waals surface area contributed by atoms with Crippen molar-refractivity contribution in [1.29, 1.82) is 0 Å². The highest BCUT2D eigenvalue weighted by molar-refractivity contribution is 5.52. The van der Waals surface area contributed by atoms with Crippen LogP contribution in [0.1, 0.15) is 61.1 Å². The van der Waals surface area contributed by atoms with Crippen molar-refractivity contribution in [3.8, 4) is 11.5 Å². The summed E-state index contributed by atoms with van der Waals surface area (Å²) < 4.78 is 23.2. The second kappa shape index (κ2) is 8.14. The Morgan fingerprint density at radius 2 is 0.968 bits per heavy atom. The Hall–Kier alpha value is -2.04. The molecule has 4 rings (SSSR count). The van der Waals surface area contributed by atoms with E-state index in [1.807, 2.05) is 0 Å². The van der Waals surface area contributed by atoms with Gasteiger partial charge in [0.25, 0.3) is 0 Å². The van der Waals surface area contributed by atoms with Gasteiger partial charge in [-0.25, -0.2) is 0 Å². The zero-order valence-corrected chi connectivity index (χ0v) is 20.2. The third kappa shape index (κ3) is 4.61. The highest BCUT2D eigenvalue weighted by Gasteiger charge is 2.36. The largest absolute Gasteiger partial charge is 0.490 e. The van der Waals surface area contributed by atoms with Crippen molar-refractivity contribution in [3.63, 3.8) is 0 Å². The second-order valence-electron chi connectivity index (χ2n) is 9.88. The van der Waals surface area contributed by atoms with Gasteiger partial charge in [-0.2, -0.15) is 0 Å². The quantitative estimate of drug-likeness (QED) is 0.519. The lowest BCUT2D eigenvalue weighted by Gasteiger charge is -2.29. The number of rotatable bonds is 8. The van der Waals surface area contributed by atoms with E-state index in [1.54, 1.807) is 0 Å². The first kappa shape index (κ1) is 22.2. The summed E-state index contributed by atoms with van der Waals surface area (Å²) in [6.45, 7) is 18.5. The lowest BCUT2D eigenvalue weighted by molar-refractivity contribution is 0.258. The normalized spacial score (nSPS) is 24.8. The lowest BCUT2D eigenvalue weighted by atomic mass is 9.76. The fourth-order valence-electron chi connectivity index (χ4n) is 4.39. The summed E-state index contributed by atoms with van der Waals surface area (Å²) in [6.07, 6.45) is 1.10. The topological polar surface area (TPSA) is 43.5 Å². The molecule has 0 amide bonds. The van der Waals surface area contributed by atoms with Crippen LogP contribution < -0.4 is 9.47 Å². The Balaban J connectivity index is 1.55. The number of aryl methyl sites for hydroxylation is 4. The molecule has 2 heterocycles. The molecular formula is C27H36O4. The van der Waals surface area contributed by atoms with Crippen LogP contribution in [-0.4, -0.2) is 37.6 Å². The van der Waals surface area contributed by atoms with Gasteiger partial charge in [-0.1, -0.05) is 38.1 Å². The fraction of sp³-hybridized carbons (Fsp3) is 0.556. The van der Waals surface area contributed by atoms with Crippen LogP contribution in [-0.2, 0) is 14.9 Å². The molecule has 2 aromatic rings. The number of epoxide rings is 2. The van der Waals surface area contributed by atoms with E-state index < -0.39 is 0 Å². The Morgan fingerprint density at radius 3 is 1.23 bits per heavy atom. The maximum Gasteiger partial charge on any atom is 0.125 e. The molecule has 168 valence electrons. The molecule has 2 fully saturated rings. The van der Waals surface area contributed by atoms with Crippen LogP contribution >= 0.6 is 0 Å². The molecule has 0 radical (unpaired) electrons. The second-order valence-corrected chi connectivity index (χ2v) is 9.88. The fourth-order valence-corrected chi connectivity index (χ4v) is 4.39. The zero-order chi connectivity index (χ0) is 22.5. The van der Waals surface area contributed by atoms with E-state index >= 15 is 0 Å². The van der Waals surface area contributed by atoms with E-state index in [-0.39, 0.29) is 17.6 Å². The van der Waals surface area contributed by atoms with Crippen molar-refractivity contribution < 1.29 is 18.9 Å². The predicted octanol–water partition coefficient (Wildman–Crippen LogP) is 5.58. The van der Waals surface area contributed by atoms with Crippen molar-refractivity contribution >= 4 is 0 Å². The first-order valence-electron chi connectivity index (χ1n) is 11.4. The van der Waals surface area contributed by atoms with E-state index in [1.165, 1.54) is 33.4 Å². The van der Waals surface area contributed by atoms with Gasteiger partial charge in [0.1, 0.15) is 36.9 Å². The highest BCUT2D eigenvalue weighted by Crippen LogP contribution is 2.39. The maximum atomic E-state index is 6.10. The molecule has 2 aliphatic heterocycles. The Bertz CT molecular complexity index is 854. The van der Waals surface area contributed by atoms with Crippen LogP contribution in [0.3, 0.4) is 0 Å². The minimum absolute atomic E-state index is 0.135. The molecule has 0 bridgehead atoms. The molecule has 4 atom stereocenters. The molecule has 31 heavy (non-hydrogen) atoms. The van der Waals surface area contributed by atoms with Crippen molar-refractivity contribution in [2.45, 2.75) is 85.2 Å². The third-order valence-corrected chi connectivity index (χ3v) is 6.82. The van der Waals surface area contributed by atoms with Crippen molar-refractivity contribution in [2.75, 3.05) is 13.2 Å². The van der Waals surface area contributed by atoms with E-state index in [2.05, 4.69) is 79.7 Å². The van der Waals surface area contributed by atoms with Crippen LogP contribution in [0.15, 0.2) is 24.3 Å². The smallest absolute Gasteiger partial charge is 0.125 e. The average Bonchev–Trinajstić information content (AvgIpc) is 3.58. The summed E-state index contributed by atoms with van der Waals surface area (Å²) >= 11 is 0. The van der Waals surface area contributed by atoms with Crippen LogP contribution in [0.2, 0.25) is 0 Å². The summed E-state index contributed by atoms with van der Waals surface area (Å²) in [7, 11) is 0. The average molecular weight is 425 g/mol. The highest BCUT2D eigenvalue weighted by atomic mass is 16.6. The van der Waals surface area contributed by atoms with E-state index in [0.717, 1.165) is 11.5 Å².